The van der Waals surface area contributed by atoms with E-state index in [9.17, 15) is 25.9 Å². The first-order valence-electron chi connectivity index (χ1n) is 8.64. The maximum atomic E-state index is 11.4. The third-order valence-electron chi connectivity index (χ3n) is 4.22. The van der Waals surface area contributed by atoms with E-state index in [1.165, 1.54) is 12.1 Å². The molecule has 0 saturated carbocycles. The van der Waals surface area contributed by atoms with Crippen molar-refractivity contribution in [1.29, 1.82) is 0 Å². The van der Waals surface area contributed by atoms with Crippen LogP contribution < -0.4 is 69.6 Å². The van der Waals surface area contributed by atoms with Gasteiger partial charge in [0.15, 0.2) is 0 Å². The molecule has 0 bridgehead atoms. The first-order valence-corrected chi connectivity index (χ1v) is 12.2. The van der Waals surface area contributed by atoms with Crippen molar-refractivity contribution in [3.8, 4) is 5.75 Å². The van der Waals surface area contributed by atoms with Gasteiger partial charge < -0.3 is 19.6 Å². The second kappa shape index (κ2) is 12.2. The summed E-state index contributed by atoms with van der Waals surface area (Å²) in [6, 6.07) is 6.81. The van der Waals surface area contributed by atoms with Crippen LogP contribution in [0, 0.1) is 0 Å². The van der Waals surface area contributed by atoms with Gasteiger partial charge >= 0.3 is 59.1 Å². The first-order chi connectivity index (χ1) is 14.8. The van der Waals surface area contributed by atoms with E-state index >= 15 is 0 Å². The van der Waals surface area contributed by atoms with Gasteiger partial charge in [-0.15, -0.1) is 10.2 Å². The summed E-state index contributed by atoms with van der Waals surface area (Å²) in [5.74, 6) is 0.239. The molecular weight excluding hydrogens is 551 g/mol. The number of ether oxygens (including phenoxy) is 1. The van der Waals surface area contributed by atoms with E-state index in [1.54, 1.807) is 6.92 Å². The quantitative estimate of drug-likeness (QED) is 0.161. The van der Waals surface area contributed by atoms with Crippen molar-refractivity contribution in [2.75, 3.05) is 12.3 Å². The number of rotatable bonds is 6. The fourth-order valence-electron chi connectivity index (χ4n) is 2.79. The molecule has 0 heterocycles. The summed E-state index contributed by atoms with van der Waals surface area (Å²) in [5.41, 5.74) is 6.30. The minimum atomic E-state index is -4.86. The van der Waals surface area contributed by atoms with E-state index < -0.39 is 35.0 Å². The second-order valence-corrected chi connectivity index (χ2v) is 9.83. The molecule has 3 rings (SSSR count). The number of azo groups is 1. The zero-order valence-electron chi connectivity index (χ0n) is 18.1. The van der Waals surface area contributed by atoms with Crippen LogP contribution in [0.3, 0.4) is 0 Å². The molecular formula is C18H13Cl2N3Na2O7S2. The van der Waals surface area contributed by atoms with Gasteiger partial charge in [-0.1, -0.05) is 29.3 Å². The average molecular weight is 564 g/mol. The molecule has 0 saturated heterocycles. The van der Waals surface area contributed by atoms with Gasteiger partial charge in [-0.25, -0.2) is 16.8 Å². The van der Waals surface area contributed by atoms with Gasteiger partial charge in [0.1, 0.15) is 31.7 Å². The summed E-state index contributed by atoms with van der Waals surface area (Å²) in [6.45, 7) is 2.00. The van der Waals surface area contributed by atoms with Crippen LogP contribution in [0.1, 0.15) is 6.92 Å². The Hall–Kier alpha value is -0.480. The molecule has 2 N–H and O–H groups in total. The molecule has 34 heavy (non-hydrogen) atoms. The van der Waals surface area contributed by atoms with Crippen molar-refractivity contribution >= 4 is 71.3 Å². The number of benzene rings is 3. The molecule has 0 aliphatic rings. The van der Waals surface area contributed by atoms with Crippen molar-refractivity contribution in [3.05, 3.63) is 46.4 Å². The molecule has 0 fully saturated rings. The van der Waals surface area contributed by atoms with Crippen LogP contribution in [0.4, 0.5) is 17.1 Å². The fourth-order valence-corrected chi connectivity index (χ4v) is 4.55. The molecule has 0 aliphatic heterocycles. The van der Waals surface area contributed by atoms with E-state index in [1.807, 2.05) is 0 Å². The van der Waals surface area contributed by atoms with E-state index in [4.69, 9.17) is 33.7 Å². The van der Waals surface area contributed by atoms with Gasteiger partial charge in [0.25, 0.3) is 0 Å². The summed E-state index contributed by atoms with van der Waals surface area (Å²) >= 11 is 11.8. The second-order valence-electron chi connectivity index (χ2n) is 6.29. The minimum absolute atomic E-state index is 0. The third kappa shape index (κ3) is 7.05. The van der Waals surface area contributed by atoms with Crippen molar-refractivity contribution in [1.82, 2.24) is 0 Å². The summed E-state index contributed by atoms with van der Waals surface area (Å²) in [6.07, 6.45) is 0. The van der Waals surface area contributed by atoms with E-state index in [-0.39, 0.29) is 98.9 Å². The Labute approximate surface area is 249 Å². The fraction of sp³-hybridized carbons (Fsp3) is 0.111. The largest absolute Gasteiger partial charge is 1.00 e. The third-order valence-corrected chi connectivity index (χ3v) is 6.65. The standard InChI is InChI=1S/C18H15Cl2N3O7S2.2Na/c1-2-30-16-8-14(11-5-9(31(24,25)26)3-4-10(11)18(16)21)22-23-15-6-13(20)17(7-12(15)19)32(27,28)29;;/h3-8H,2,21H2,1H3,(H,24,25,26)(H,27,28,29);;/q;2*+1/p-2. The van der Waals surface area contributed by atoms with Crippen LogP contribution >= 0.6 is 23.2 Å². The molecule has 0 spiro atoms. The molecule has 0 aromatic heterocycles. The zero-order valence-corrected chi connectivity index (χ0v) is 25.2. The molecule has 0 radical (unpaired) electrons. The molecule has 0 aliphatic carbocycles. The number of halogens is 2. The van der Waals surface area contributed by atoms with Gasteiger partial charge in [0.05, 0.1) is 37.8 Å². The van der Waals surface area contributed by atoms with Crippen LogP contribution in [0.2, 0.25) is 10.0 Å². The number of nitrogen functional groups attached to an aromatic ring is 1. The Morgan fingerprint density at radius 3 is 2.06 bits per heavy atom. The van der Waals surface area contributed by atoms with Gasteiger partial charge in [0.2, 0.25) is 0 Å². The number of anilines is 1. The Morgan fingerprint density at radius 2 is 1.50 bits per heavy atom. The molecule has 3 aromatic rings. The van der Waals surface area contributed by atoms with Crippen LogP contribution in [0.25, 0.3) is 10.8 Å². The zero-order chi connectivity index (χ0) is 23.8. The van der Waals surface area contributed by atoms with Crippen molar-refractivity contribution in [3.63, 3.8) is 0 Å². The summed E-state index contributed by atoms with van der Waals surface area (Å²) in [4.78, 5) is -1.22. The summed E-state index contributed by atoms with van der Waals surface area (Å²) < 4.78 is 73.5. The molecule has 3 aromatic carbocycles. The molecule has 16 heteroatoms. The molecule has 0 atom stereocenters. The van der Waals surface area contributed by atoms with Gasteiger partial charge in [-0.3, -0.25) is 0 Å². The Bertz CT molecular complexity index is 1480. The smallest absolute Gasteiger partial charge is 0.744 e. The van der Waals surface area contributed by atoms with Crippen LogP contribution in [0.5, 0.6) is 5.75 Å². The monoisotopic (exact) mass is 563 g/mol. The predicted molar refractivity (Wildman–Crippen MR) is 116 cm³/mol. The number of hydrogen-bond donors (Lipinski definition) is 1. The van der Waals surface area contributed by atoms with Crippen LogP contribution in [-0.4, -0.2) is 32.5 Å². The molecule has 0 amide bonds. The number of fused-ring (bicyclic) bond motifs is 1. The number of nitrogens with two attached hydrogens (primary N) is 1. The van der Waals surface area contributed by atoms with Crippen molar-refractivity contribution in [2.45, 2.75) is 16.7 Å². The number of hydrogen-bond acceptors (Lipinski definition) is 10. The molecule has 170 valence electrons. The molecule has 0 unspecified atom stereocenters. The summed E-state index contributed by atoms with van der Waals surface area (Å²) in [5, 5.41) is 7.86. The number of nitrogens with zero attached hydrogens (tertiary/aromatic N) is 2. The van der Waals surface area contributed by atoms with E-state index in [0.29, 0.717) is 5.39 Å². The van der Waals surface area contributed by atoms with Gasteiger partial charge in [-0.05, 0) is 31.2 Å². The van der Waals surface area contributed by atoms with Crippen LogP contribution in [0.15, 0.2) is 56.4 Å². The van der Waals surface area contributed by atoms with E-state index in [2.05, 4.69) is 10.2 Å². The van der Waals surface area contributed by atoms with Gasteiger partial charge in [-0.2, -0.15) is 0 Å². The maximum Gasteiger partial charge on any atom is 1.00 e. The maximum absolute atomic E-state index is 11.4. The van der Waals surface area contributed by atoms with E-state index in [0.717, 1.165) is 24.3 Å². The Balaban J connectivity index is 0.00000289. The van der Waals surface area contributed by atoms with Gasteiger partial charge in [0, 0.05) is 16.8 Å². The summed E-state index contributed by atoms with van der Waals surface area (Å²) in [7, 11) is -9.62. The van der Waals surface area contributed by atoms with Crippen LogP contribution in [-0.2, 0) is 20.2 Å². The predicted octanol–water partition coefficient (Wildman–Crippen LogP) is -1.64. The topological polar surface area (TPSA) is 174 Å². The van der Waals surface area contributed by atoms with Crippen molar-refractivity contribution < 1.29 is 89.8 Å². The average Bonchev–Trinajstić information content (AvgIpc) is 2.69. The molecule has 10 nitrogen and oxygen atoms in total. The Morgan fingerprint density at radius 1 is 0.882 bits per heavy atom. The minimum Gasteiger partial charge on any atom is -0.744 e. The van der Waals surface area contributed by atoms with Crippen molar-refractivity contribution in [2.24, 2.45) is 10.2 Å². The SMILES string of the molecule is CCOc1cc(N=Nc2cc(Cl)c(S(=O)(=O)[O-])cc2Cl)c2cc(S(=O)(=O)[O-])ccc2c1N.[Na+].[Na+]. The normalized spacial score (nSPS) is 11.8. The first kappa shape index (κ1) is 31.5. The Kier molecular flexibility index (Phi) is 11.3.